The Labute approximate surface area is 165 Å². The summed E-state index contributed by atoms with van der Waals surface area (Å²) in [5.74, 6) is 0.710. The molecule has 0 unspecified atom stereocenters. The summed E-state index contributed by atoms with van der Waals surface area (Å²) in [5, 5.41) is 2.91. The lowest BCUT2D eigenvalue weighted by Gasteiger charge is -2.35. The van der Waals surface area contributed by atoms with E-state index in [2.05, 4.69) is 16.3 Å². The number of amides is 2. The minimum Gasteiger partial charge on any atom is -0.495 e. The van der Waals surface area contributed by atoms with Crippen molar-refractivity contribution in [2.24, 2.45) is 0 Å². The van der Waals surface area contributed by atoms with Crippen molar-refractivity contribution >= 4 is 28.9 Å². The van der Waals surface area contributed by atoms with Crippen molar-refractivity contribution in [2.75, 3.05) is 35.3 Å². The first-order chi connectivity index (χ1) is 13.6. The molecule has 0 radical (unpaired) electrons. The maximum Gasteiger partial charge on any atom is 0.246 e. The highest BCUT2D eigenvalue weighted by Crippen LogP contribution is 2.37. The average molecular weight is 379 g/mol. The topological polar surface area (TPSA) is 61.9 Å². The van der Waals surface area contributed by atoms with Crippen LogP contribution in [0.15, 0.2) is 42.5 Å². The van der Waals surface area contributed by atoms with Gasteiger partial charge in [-0.25, -0.2) is 0 Å². The molecule has 6 nitrogen and oxygen atoms in total. The predicted molar refractivity (Wildman–Crippen MR) is 110 cm³/mol. The molecule has 0 saturated carbocycles. The van der Waals surface area contributed by atoms with Crippen molar-refractivity contribution < 1.29 is 14.3 Å². The summed E-state index contributed by atoms with van der Waals surface area (Å²) in [6.45, 7) is 2.98. The number of hydrogen-bond donors (Lipinski definition) is 1. The molecule has 0 fully saturated rings. The molecule has 2 aromatic carbocycles. The van der Waals surface area contributed by atoms with Gasteiger partial charge < -0.3 is 19.9 Å². The second-order valence-electron chi connectivity index (χ2n) is 7.38. The molecule has 0 spiro atoms. The van der Waals surface area contributed by atoms with Crippen molar-refractivity contribution in [3.8, 4) is 5.75 Å². The van der Waals surface area contributed by atoms with Crippen LogP contribution in [0.5, 0.6) is 5.75 Å². The number of hydrogen-bond acceptors (Lipinski definition) is 4. The average Bonchev–Trinajstić information content (AvgIpc) is 2.81. The normalized spacial score (nSPS) is 18.6. The molecule has 2 aliphatic heterocycles. The van der Waals surface area contributed by atoms with Gasteiger partial charge >= 0.3 is 0 Å². The highest BCUT2D eigenvalue weighted by molar-refractivity contribution is 6.05. The van der Waals surface area contributed by atoms with Gasteiger partial charge in [0.25, 0.3) is 0 Å². The Kier molecular flexibility index (Phi) is 4.94. The lowest BCUT2D eigenvalue weighted by Crippen LogP contribution is -2.46. The number of rotatable bonds is 3. The van der Waals surface area contributed by atoms with Gasteiger partial charge in [0, 0.05) is 19.0 Å². The molecule has 1 N–H and O–H groups in total. The number of benzene rings is 2. The van der Waals surface area contributed by atoms with E-state index in [-0.39, 0.29) is 30.8 Å². The van der Waals surface area contributed by atoms with E-state index in [1.807, 2.05) is 43.3 Å². The summed E-state index contributed by atoms with van der Waals surface area (Å²) < 4.78 is 5.56. The van der Waals surface area contributed by atoms with Crippen molar-refractivity contribution in [1.29, 1.82) is 0 Å². The summed E-state index contributed by atoms with van der Waals surface area (Å²) >= 11 is 0. The monoisotopic (exact) mass is 379 g/mol. The molecule has 28 heavy (non-hydrogen) atoms. The maximum atomic E-state index is 13.4. The number of fused-ring (bicyclic) bond motifs is 2. The second kappa shape index (κ2) is 7.54. The van der Waals surface area contributed by atoms with E-state index >= 15 is 0 Å². The zero-order valence-electron chi connectivity index (χ0n) is 16.3. The molecule has 2 heterocycles. The lowest BCUT2D eigenvalue weighted by atomic mass is 10.0. The van der Waals surface area contributed by atoms with Crippen molar-refractivity contribution in [2.45, 2.75) is 32.2 Å². The standard InChI is InChI=1S/C22H25N3O3/c1-15-13-20(26)23-17-9-3-4-10-18(17)25(15)21(27)14-24-12-6-8-16-7-5-11-19(28-2)22(16)24/h3-5,7,9-11,15H,6,8,12-14H2,1-2H3,(H,23,26)/t15-/m1/s1. The third kappa shape index (κ3) is 3.30. The number of ether oxygens (including phenoxy) is 1. The van der Waals surface area contributed by atoms with E-state index in [0.29, 0.717) is 5.69 Å². The number of nitrogens with one attached hydrogen (secondary N) is 1. The van der Waals surface area contributed by atoms with Gasteiger partial charge in [0.15, 0.2) is 0 Å². The number of nitrogens with zero attached hydrogens (tertiary/aromatic N) is 2. The summed E-state index contributed by atoms with van der Waals surface area (Å²) in [4.78, 5) is 29.5. The Bertz CT molecular complexity index is 897. The summed E-state index contributed by atoms with van der Waals surface area (Å²) in [5.41, 5.74) is 3.65. The molecule has 2 amide bonds. The third-order valence-electron chi connectivity index (χ3n) is 5.45. The van der Waals surface area contributed by atoms with Gasteiger partial charge in [0.2, 0.25) is 11.8 Å². The van der Waals surface area contributed by atoms with Crippen LogP contribution in [0.3, 0.4) is 0 Å². The molecule has 146 valence electrons. The first-order valence-electron chi connectivity index (χ1n) is 9.70. The quantitative estimate of drug-likeness (QED) is 0.890. The fourth-order valence-corrected chi connectivity index (χ4v) is 4.23. The Morgan fingerprint density at radius 1 is 1.21 bits per heavy atom. The van der Waals surface area contributed by atoms with Gasteiger partial charge in [-0.15, -0.1) is 0 Å². The van der Waals surface area contributed by atoms with E-state index in [0.717, 1.165) is 36.5 Å². The van der Waals surface area contributed by atoms with Crippen LogP contribution in [0.1, 0.15) is 25.3 Å². The highest BCUT2D eigenvalue weighted by Gasteiger charge is 2.31. The molecular weight excluding hydrogens is 354 g/mol. The lowest BCUT2D eigenvalue weighted by molar-refractivity contribution is -0.118. The Morgan fingerprint density at radius 2 is 2.04 bits per heavy atom. The zero-order chi connectivity index (χ0) is 19.7. The van der Waals surface area contributed by atoms with Crippen LogP contribution in [-0.4, -0.2) is 38.1 Å². The number of carbonyl (C=O) groups excluding carboxylic acids is 2. The van der Waals surface area contributed by atoms with Crippen LogP contribution in [0, 0.1) is 0 Å². The van der Waals surface area contributed by atoms with Crippen LogP contribution in [0.2, 0.25) is 0 Å². The first kappa shape index (κ1) is 18.3. The molecule has 6 heteroatoms. The van der Waals surface area contributed by atoms with Gasteiger partial charge in [-0.05, 0) is 43.5 Å². The molecule has 4 rings (SSSR count). The molecule has 0 aromatic heterocycles. The molecule has 2 aromatic rings. The van der Waals surface area contributed by atoms with Gasteiger partial charge in [0.1, 0.15) is 5.75 Å². The smallest absolute Gasteiger partial charge is 0.246 e. The highest BCUT2D eigenvalue weighted by atomic mass is 16.5. The molecule has 1 atom stereocenters. The fraction of sp³-hybridized carbons (Fsp3) is 0.364. The molecule has 0 bridgehead atoms. The SMILES string of the molecule is COc1cccc2c1N(CC(=O)N1c3ccccc3NC(=O)C[C@H]1C)CCC2. The van der Waals surface area contributed by atoms with E-state index in [9.17, 15) is 9.59 Å². The van der Waals surface area contributed by atoms with Crippen LogP contribution in [0.25, 0.3) is 0 Å². The summed E-state index contributed by atoms with van der Waals surface area (Å²) in [6, 6.07) is 13.3. The molecule has 0 saturated heterocycles. The van der Waals surface area contributed by atoms with E-state index in [4.69, 9.17) is 4.74 Å². The number of aryl methyl sites for hydroxylation is 1. The predicted octanol–water partition coefficient (Wildman–Crippen LogP) is 3.21. The van der Waals surface area contributed by atoms with Crippen LogP contribution in [-0.2, 0) is 16.0 Å². The van der Waals surface area contributed by atoms with Gasteiger partial charge in [-0.2, -0.15) is 0 Å². The maximum absolute atomic E-state index is 13.4. The third-order valence-corrected chi connectivity index (χ3v) is 5.45. The van der Waals surface area contributed by atoms with Crippen LogP contribution >= 0.6 is 0 Å². The molecular formula is C22H25N3O3. The first-order valence-corrected chi connectivity index (χ1v) is 9.70. The molecule has 2 aliphatic rings. The number of methoxy groups -OCH3 is 1. The summed E-state index contributed by atoms with van der Waals surface area (Å²) in [6.07, 6.45) is 2.26. The number of carbonyl (C=O) groups is 2. The van der Waals surface area contributed by atoms with Crippen molar-refractivity contribution in [3.05, 3.63) is 48.0 Å². The van der Waals surface area contributed by atoms with E-state index in [1.165, 1.54) is 5.56 Å². The van der Waals surface area contributed by atoms with Crippen LogP contribution < -0.4 is 19.9 Å². The van der Waals surface area contributed by atoms with E-state index < -0.39 is 0 Å². The number of anilines is 3. The Balaban J connectivity index is 1.66. The van der Waals surface area contributed by atoms with Gasteiger partial charge in [0.05, 0.1) is 30.7 Å². The van der Waals surface area contributed by atoms with Crippen LogP contribution in [0.4, 0.5) is 17.1 Å². The minimum atomic E-state index is -0.210. The second-order valence-corrected chi connectivity index (χ2v) is 7.38. The summed E-state index contributed by atoms with van der Waals surface area (Å²) in [7, 11) is 1.66. The minimum absolute atomic E-state index is 0.0183. The van der Waals surface area contributed by atoms with Crippen molar-refractivity contribution in [1.82, 2.24) is 0 Å². The van der Waals surface area contributed by atoms with Gasteiger partial charge in [-0.1, -0.05) is 24.3 Å². The van der Waals surface area contributed by atoms with Gasteiger partial charge in [-0.3, -0.25) is 9.59 Å². The largest absolute Gasteiger partial charge is 0.495 e. The Morgan fingerprint density at radius 3 is 2.86 bits per heavy atom. The zero-order valence-corrected chi connectivity index (χ0v) is 16.3. The molecule has 0 aliphatic carbocycles. The number of para-hydroxylation sites is 3. The van der Waals surface area contributed by atoms with E-state index in [1.54, 1.807) is 12.0 Å². The fourth-order valence-electron chi connectivity index (χ4n) is 4.23. The Hall–Kier alpha value is -3.02. The van der Waals surface area contributed by atoms with Crippen molar-refractivity contribution in [3.63, 3.8) is 0 Å².